The van der Waals surface area contributed by atoms with Crippen molar-refractivity contribution < 1.29 is 4.79 Å². The van der Waals surface area contributed by atoms with E-state index in [1.54, 1.807) is 7.05 Å². The van der Waals surface area contributed by atoms with Gasteiger partial charge in [-0.15, -0.1) is 0 Å². The number of nitrogens with one attached hydrogen (secondary N) is 1. The Morgan fingerprint density at radius 2 is 2.33 bits per heavy atom. The van der Waals surface area contributed by atoms with Crippen LogP contribution in [0.5, 0.6) is 0 Å². The number of allylic oxidation sites excluding steroid dienone is 2. The molecule has 0 fully saturated rings. The van der Waals surface area contributed by atoms with Crippen molar-refractivity contribution in [3.05, 3.63) is 11.8 Å². The molecule has 0 atom stereocenters. The quantitative estimate of drug-likeness (QED) is 0.422. The fraction of sp³-hybridized carbons (Fsp3) is 0.333. The number of carbonyl (C=O) groups excluding carboxylic acids is 1. The zero-order valence-electron chi connectivity index (χ0n) is 5.43. The molecule has 0 unspecified atom stereocenters. The van der Waals surface area contributed by atoms with Gasteiger partial charge in [0.1, 0.15) is 11.8 Å². The Morgan fingerprint density at radius 3 is 2.44 bits per heavy atom. The molecule has 0 spiro atoms. The SMILES string of the molecule is CN/C(C#N)=C/C(C)=O. The number of nitriles is 1. The Balaban J connectivity index is 4.13. The molecular formula is C6H8N2O. The van der Waals surface area contributed by atoms with Gasteiger partial charge >= 0.3 is 0 Å². The van der Waals surface area contributed by atoms with Gasteiger partial charge < -0.3 is 5.32 Å². The number of ketones is 1. The van der Waals surface area contributed by atoms with Crippen LogP contribution in [0.3, 0.4) is 0 Å². The van der Waals surface area contributed by atoms with Gasteiger partial charge in [-0.3, -0.25) is 4.79 Å². The van der Waals surface area contributed by atoms with Crippen LogP contribution >= 0.6 is 0 Å². The van der Waals surface area contributed by atoms with Crippen molar-refractivity contribution in [2.24, 2.45) is 0 Å². The number of carbonyl (C=O) groups is 1. The van der Waals surface area contributed by atoms with Gasteiger partial charge in [0.15, 0.2) is 5.78 Å². The van der Waals surface area contributed by atoms with E-state index < -0.39 is 0 Å². The van der Waals surface area contributed by atoms with Gasteiger partial charge in [-0.05, 0) is 6.92 Å². The van der Waals surface area contributed by atoms with E-state index in [1.165, 1.54) is 13.0 Å². The maximum atomic E-state index is 10.3. The lowest BCUT2D eigenvalue weighted by atomic mass is 10.3. The minimum absolute atomic E-state index is 0.124. The Kier molecular flexibility index (Phi) is 3.14. The van der Waals surface area contributed by atoms with E-state index in [0.717, 1.165) is 0 Å². The fourth-order valence-corrected chi connectivity index (χ4v) is 0.364. The number of nitrogens with zero attached hydrogens (tertiary/aromatic N) is 1. The lowest BCUT2D eigenvalue weighted by Gasteiger charge is -1.90. The zero-order chi connectivity index (χ0) is 7.28. The third kappa shape index (κ3) is 3.30. The van der Waals surface area contributed by atoms with Crippen LogP contribution in [-0.4, -0.2) is 12.8 Å². The van der Waals surface area contributed by atoms with Crippen molar-refractivity contribution in [2.45, 2.75) is 6.92 Å². The van der Waals surface area contributed by atoms with Gasteiger partial charge in [-0.2, -0.15) is 5.26 Å². The zero-order valence-corrected chi connectivity index (χ0v) is 5.43. The minimum atomic E-state index is -0.124. The van der Waals surface area contributed by atoms with Gasteiger partial charge in [-0.1, -0.05) is 0 Å². The number of hydrogen-bond donors (Lipinski definition) is 1. The highest BCUT2D eigenvalue weighted by molar-refractivity contribution is 5.88. The fourth-order valence-electron chi connectivity index (χ4n) is 0.364. The van der Waals surface area contributed by atoms with Gasteiger partial charge in [0.25, 0.3) is 0 Å². The van der Waals surface area contributed by atoms with E-state index >= 15 is 0 Å². The number of hydrogen-bond acceptors (Lipinski definition) is 3. The summed E-state index contributed by atoms with van der Waals surface area (Å²) in [5, 5.41) is 10.8. The van der Waals surface area contributed by atoms with E-state index in [1.807, 2.05) is 6.07 Å². The van der Waals surface area contributed by atoms with Crippen molar-refractivity contribution in [2.75, 3.05) is 7.05 Å². The molecule has 3 heteroatoms. The lowest BCUT2D eigenvalue weighted by molar-refractivity contribution is -0.112. The average molecular weight is 124 g/mol. The smallest absolute Gasteiger partial charge is 0.155 e. The van der Waals surface area contributed by atoms with Gasteiger partial charge in [0.05, 0.1) is 0 Å². The molecule has 0 rings (SSSR count). The maximum absolute atomic E-state index is 10.3. The topological polar surface area (TPSA) is 52.9 Å². The van der Waals surface area contributed by atoms with Crippen molar-refractivity contribution in [1.82, 2.24) is 5.32 Å². The molecule has 0 aliphatic carbocycles. The molecular weight excluding hydrogens is 116 g/mol. The summed E-state index contributed by atoms with van der Waals surface area (Å²) in [5.41, 5.74) is 0.294. The summed E-state index contributed by atoms with van der Waals surface area (Å²) in [6, 6.07) is 1.81. The van der Waals surface area contributed by atoms with E-state index in [4.69, 9.17) is 5.26 Å². The van der Waals surface area contributed by atoms with Crippen LogP contribution in [-0.2, 0) is 4.79 Å². The Hall–Kier alpha value is -1.30. The second-order valence-electron chi connectivity index (χ2n) is 1.53. The van der Waals surface area contributed by atoms with E-state index in [9.17, 15) is 4.79 Å². The summed E-state index contributed by atoms with van der Waals surface area (Å²) in [4.78, 5) is 10.3. The van der Waals surface area contributed by atoms with Gasteiger partial charge in [-0.25, -0.2) is 0 Å². The second kappa shape index (κ2) is 3.67. The van der Waals surface area contributed by atoms with E-state index in [0.29, 0.717) is 5.70 Å². The second-order valence-corrected chi connectivity index (χ2v) is 1.53. The molecule has 0 bridgehead atoms. The summed E-state index contributed by atoms with van der Waals surface area (Å²) in [7, 11) is 1.60. The molecule has 0 heterocycles. The van der Waals surface area contributed by atoms with Crippen LogP contribution in [0.25, 0.3) is 0 Å². The monoisotopic (exact) mass is 124 g/mol. The molecule has 0 saturated heterocycles. The normalized spacial score (nSPS) is 10.1. The third-order valence-corrected chi connectivity index (χ3v) is 0.737. The summed E-state index contributed by atoms with van der Waals surface area (Å²) in [6.45, 7) is 1.40. The maximum Gasteiger partial charge on any atom is 0.155 e. The molecule has 3 nitrogen and oxygen atoms in total. The highest BCUT2D eigenvalue weighted by atomic mass is 16.1. The molecule has 9 heavy (non-hydrogen) atoms. The van der Waals surface area contributed by atoms with Crippen molar-refractivity contribution in [1.29, 1.82) is 5.26 Å². The van der Waals surface area contributed by atoms with Crippen LogP contribution in [0.1, 0.15) is 6.92 Å². The van der Waals surface area contributed by atoms with Gasteiger partial charge in [0.2, 0.25) is 0 Å². The van der Waals surface area contributed by atoms with E-state index in [-0.39, 0.29) is 5.78 Å². The van der Waals surface area contributed by atoms with Gasteiger partial charge in [0, 0.05) is 13.1 Å². The Morgan fingerprint density at radius 1 is 1.78 bits per heavy atom. The molecule has 0 aliphatic heterocycles. The first kappa shape index (κ1) is 7.70. The highest BCUT2D eigenvalue weighted by Crippen LogP contribution is 1.83. The third-order valence-electron chi connectivity index (χ3n) is 0.737. The van der Waals surface area contributed by atoms with Crippen LogP contribution in [0.15, 0.2) is 11.8 Å². The first-order chi connectivity index (χ1) is 4.20. The average Bonchev–Trinajstić information content (AvgIpc) is 1.82. The van der Waals surface area contributed by atoms with Crippen LogP contribution in [0.4, 0.5) is 0 Å². The molecule has 0 amide bonds. The molecule has 0 radical (unpaired) electrons. The highest BCUT2D eigenvalue weighted by Gasteiger charge is 1.90. The Bertz CT molecular complexity index is 176. The predicted octanol–water partition coefficient (Wildman–Crippen LogP) is 0.202. The molecule has 0 saturated carbocycles. The summed E-state index contributed by atoms with van der Waals surface area (Å²) in [5.74, 6) is -0.124. The first-order valence-corrected chi connectivity index (χ1v) is 2.51. The summed E-state index contributed by atoms with van der Waals surface area (Å²) >= 11 is 0. The predicted molar refractivity (Wildman–Crippen MR) is 33.4 cm³/mol. The molecule has 0 aromatic heterocycles. The first-order valence-electron chi connectivity index (χ1n) is 2.51. The van der Waals surface area contributed by atoms with Crippen LogP contribution in [0.2, 0.25) is 0 Å². The van der Waals surface area contributed by atoms with E-state index in [2.05, 4.69) is 5.32 Å². The summed E-state index contributed by atoms with van der Waals surface area (Å²) in [6.07, 6.45) is 1.25. The lowest BCUT2D eigenvalue weighted by Crippen LogP contribution is -2.04. The summed E-state index contributed by atoms with van der Waals surface area (Å²) < 4.78 is 0. The molecule has 1 N–H and O–H groups in total. The van der Waals surface area contributed by atoms with Crippen molar-refractivity contribution in [3.8, 4) is 6.07 Å². The molecule has 0 aromatic rings. The largest absolute Gasteiger partial charge is 0.379 e. The van der Waals surface area contributed by atoms with Crippen molar-refractivity contribution >= 4 is 5.78 Å². The van der Waals surface area contributed by atoms with Crippen LogP contribution in [0, 0.1) is 11.3 Å². The molecule has 0 aliphatic rings. The standard InChI is InChI=1S/C6H8N2O/c1-5(9)3-6(4-7)8-2/h3,8H,1-2H3/b6-3+. The van der Waals surface area contributed by atoms with Crippen LogP contribution < -0.4 is 5.32 Å². The molecule has 48 valence electrons. The molecule has 0 aromatic carbocycles. The Labute approximate surface area is 54.0 Å². The minimum Gasteiger partial charge on any atom is -0.379 e. The van der Waals surface area contributed by atoms with Crippen molar-refractivity contribution in [3.63, 3.8) is 0 Å². The number of rotatable bonds is 2.